The first-order valence-corrected chi connectivity index (χ1v) is 7.72. The van der Waals surface area contributed by atoms with E-state index >= 15 is 0 Å². The minimum Gasteiger partial charge on any atom is -0.464 e. The fourth-order valence-electron chi connectivity index (χ4n) is 2.09. The minimum atomic E-state index is 0.356. The lowest BCUT2D eigenvalue weighted by Crippen LogP contribution is -2.36. The molecule has 1 aromatic heterocycles. The molecule has 118 valence electrons. The first-order chi connectivity index (χ1) is 10.1. The summed E-state index contributed by atoms with van der Waals surface area (Å²) in [5, 5.41) is 6.37. The van der Waals surface area contributed by atoms with Crippen molar-refractivity contribution in [1.82, 2.24) is 19.9 Å². The average molecular weight is 294 g/mol. The van der Waals surface area contributed by atoms with E-state index in [2.05, 4.69) is 44.5 Å². The zero-order chi connectivity index (χ0) is 15.2. The Labute approximate surface area is 126 Å². The Bertz CT molecular complexity index is 427. The van der Waals surface area contributed by atoms with Gasteiger partial charge in [0.05, 0.1) is 6.61 Å². The Balaban J connectivity index is 1.96. The van der Waals surface area contributed by atoms with Gasteiger partial charge in [0.2, 0.25) is 11.9 Å². The van der Waals surface area contributed by atoms with Gasteiger partial charge in [-0.3, -0.25) is 4.90 Å². The molecule has 1 aromatic rings. The van der Waals surface area contributed by atoms with E-state index in [0.717, 1.165) is 19.1 Å². The Morgan fingerprint density at radius 3 is 2.43 bits per heavy atom. The zero-order valence-electron chi connectivity index (χ0n) is 13.4. The molecule has 7 heteroatoms. The highest BCUT2D eigenvalue weighted by Crippen LogP contribution is 2.26. The van der Waals surface area contributed by atoms with Crippen molar-refractivity contribution < 1.29 is 4.74 Å². The Morgan fingerprint density at radius 1 is 1.19 bits per heavy atom. The van der Waals surface area contributed by atoms with Crippen LogP contribution in [0.2, 0.25) is 0 Å². The van der Waals surface area contributed by atoms with Crippen LogP contribution in [0.1, 0.15) is 33.6 Å². The summed E-state index contributed by atoms with van der Waals surface area (Å²) < 4.78 is 5.38. The molecule has 1 unspecified atom stereocenters. The lowest BCUT2D eigenvalue weighted by molar-refractivity contribution is 0.257. The monoisotopic (exact) mass is 294 g/mol. The largest absolute Gasteiger partial charge is 0.464 e. The highest BCUT2D eigenvalue weighted by Gasteiger charge is 2.29. The van der Waals surface area contributed by atoms with Crippen LogP contribution in [0, 0.1) is 0 Å². The van der Waals surface area contributed by atoms with Gasteiger partial charge in [0.25, 0.3) is 0 Å². The number of hydrogen-bond donors (Lipinski definition) is 2. The van der Waals surface area contributed by atoms with Gasteiger partial charge in [0.15, 0.2) is 0 Å². The average Bonchev–Trinajstić information content (AvgIpc) is 3.29. The van der Waals surface area contributed by atoms with Crippen LogP contribution in [0.5, 0.6) is 6.01 Å². The summed E-state index contributed by atoms with van der Waals surface area (Å²) in [6.07, 6.45) is 2.62. The smallest absolute Gasteiger partial charge is 0.323 e. The van der Waals surface area contributed by atoms with Crippen LogP contribution in [-0.4, -0.2) is 58.7 Å². The van der Waals surface area contributed by atoms with Gasteiger partial charge in [0.1, 0.15) is 0 Å². The highest BCUT2D eigenvalue weighted by molar-refractivity contribution is 5.35. The number of nitrogens with one attached hydrogen (secondary N) is 2. The zero-order valence-corrected chi connectivity index (χ0v) is 13.4. The topological polar surface area (TPSA) is 75.2 Å². The maximum Gasteiger partial charge on any atom is 0.323 e. The van der Waals surface area contributed by atoms with Crippen LogP contribution in [-0.2, 0) is 0 Å². The van der Waals surface area contributed by atoms with Crippen LogP contribution < -0.4 is 15.4 Å². The SMILES string of the molecule is CCNc1nc(NCC(C)N(C)C2CC2)nc(OCC)n1. The molecule has 0 amide bonds. The van der Waals surface area contributed by atoms with Crippen LogP contribution in [0.3, 0.4) is 0 Å². The normalized spacial score (nSPS) is 15.9. The summed E-state index contributed by atoms with van der Waals surface area (Å²) in [6.45, 7) is 8.22. The molecule has 7 nitrogen and oxygen atoms in total. The predicted octanol–water partition coefficient (Wildman–Crippen LogP) is 1.60. The van der Waals surface area contributed by atoms with Crippen molar-refractivity contribution in [3.05, 3.63) is 0 Å². The van der Waals surface area contributed by atoms with E-state index < -0.39 is 0 Å². The van der Waals surface area contributed by atoms with Gasteiger partial charge < -0.3 is 15.4 Å². The molecule has 0 radical (unpaired) electrons. The molecule has 21 heavy (non-hydrogen) atoms. The van der Waals surface area contributed by atoms with E-state index in [9.17, 15) is 0 Å². The van der Waals surface area contributed by atoms with Crippen molar-refractivity contribution in [3.8, 4) is 6.01 Å². The minimum absolute atomic E-state index is 0.356. The van der Waals surface area contributed by atoms with Gasteiger partial charge in [-0.25, -0.2) is 0 Å². The van der Waals surface area contributed by atoms with Gasteiger partial charge in [-0.15, -0.1) is 0 Å². The lowest BCUT2D eigenvalue weighted by Gasteiger charge is -2.24. The van der Waals surface area contributed by atoms with Crippen LogP contribution in [0.4, 0.5) is 11.9 Å². The summed E-state index contributed by atoms with van der Waals surface area (Å²) in [5.41, 5.74) is 0. The summed E-state index contributed by atoms with van der Waals surface area (Å²) in [6, 6.07) is 1.54. The molecule has 2 rings (SSSR count). The number of likely N-dealkylation sites (N-methyl/N-ethyl adjacent to an activating group) is 1. The van der Waals surface area contributed by atoms with E-state index in [4.69, 9.17) is 4.74 Å². The molecule has 0 aromatic carbocycles. The maximum atomic E-state index is 5.38. The summed E-state index contributed by atoms with van der Waals surface area (Å²) in [4.78, 5) is 15.3. The van der Waals surface area contributed by atoms with Gasteiger partial charge in [0, 0.05) is 25.2 Å². The molecule has 1 heterocycles. The predicted molar refractivity (Wildman–Crippen MR) is 83.9 cm³/mol. The van der Waals surface area contributed by atoms with E-state index in [1.807, 2.05) is 13.8 Å². The summed E-state index contributed by atoms with van der Waals surface area (Å²) >= 11 is 0. The maximum absolute atomic E-state index is 5.38. The van der Waals surface area contributed by atoms with Crippen molar-refractivity contribution in [2.75, 3.05) is 37.4 Å². The number of anilines is 2. The number of hydrogen-bond acceptors (Lipinski definition) is 7. The molecule has 2 N–H and O–H groups in total. The second-order valence-corrected chi connectivity index (χ2v) is 5.36. The van der Waals surface area contributed by atoms with Crippen molar-refractivity contribution >= 4 is 11.9 Å². The highest BCUT2D eigenvalue weighted by atomic mass is 16.5. The van der Waals surface area contributed by atoms with E-state index in [-0.39, 0.29) is 0 Å². The van der Waals surface area contributed by atoms with Crippen LogP contribution in [0.25, 0.3) is 0 Å². The molecule has 1 saturated carbocycles. The lowest BCUT2D eigenvalue weighted by atomic mass is 10.3. The quantitative estimate of drug-likeness (QED) is 0.716. The fourth-order valence-corrected chi connectivity index (χ4v) is 2.09. The van der Waals surface area contributed by atoms with Crippen LogP contribution in [0.15, 0.2) is 0 Å². The summed E-state index contributed by atoms with van der Waals surface area (Å²) in [5.74, 6) is 1.10. The van der Waals surface area contributed by atoms with Crippen molar-refractivity contribution in [2.45, 2.75) is 45.7 Å². The standard InChI is InChI=1S/C14H26N6O/c1-5-15-12-17-13(19-14(18-12)21-6-2)16-9-10(3)20(4)11-7-8-11/h10-11H,5-9H2,1-4H3,(H2,15,16,17,18,19). The first-order valence-electron chi connectivity index (χ1n) is 7.72. The third-order valence-corrected chi connectivity index (χ3v) is 3.60. The molecule has 0 spiro atoms. The van der Waals surface area contributed by atoms with Gasteiger partial charge in [-0.05, 0) is 40.7 Å². The molecule has 1 aliphatic carbocycles. The van der Waals surface area contributed by atoms with Crippen molar-refractivity contribution in [3.63, 3.8) is 0 Å². The van der Waals surface area contributed by atoms with E-state index in [1.54, 1.807) is 0 Å². The number of nitrogens with zero attached hydrogens (tertiary/aromatic N) is 4. The third kappa shape index (κ3) is 4.70. The van der Waals surface area contributed by atoms with E-state index in [1.165, 1.54) is 12.8 Å². The van der Waals surface area contributed by atoms with Crippen molar-refractivity contribution in [2.24, 2.45) is 0 Å². The molecular formula is C14H26N6O. The fraction of sp³-hybridized carbons (Fsp3) is 0.786. The van der Waals surface area contributed by atoms with Gasteiger partial charge in [-0.1, -0.05) is 0 Å². The molecular weight excluding hydrogens is 268 g/mol. The third-order valence-electron chi connectivity index (χ3n) is 3.60. The molecule has 1 aliphatic rings. The Kier molecular flexibility index (Phi) is 5.55. The molecule has 0 aliphatic heterocycles. The Hall–Kier alpha value is -1.63. The van der Waals surface area contributed by atoms with Gasteiger partial charge in [-0.2, -0.15) is 15.0 Å². The molecule has 0 saturated heterocycles. The van der Waals surface area contributed by atoms with Gasteiger partial charge >= 0.3 is 6.01 Å². The first kappa shape index (κ1) is 15.8. The second-order valence-electron chi connectivity index (χ2n) is 5.36. The Morgan fingerprint density at radius 2 is 1.86 bits per heavy atom. The number of rotatable bonds is 9. The molecule has 1 fully saturated rings. The van der Waals surface area contributed by atoms with E-state index in [0.29, 0.717) is 30.6 Å². The van der Waals surface area contributed by atoms with Crippen LogP contribution >= 0.6 is 0 Å². The van der Waals surface area contributed by atoms with Crippen molar-refractivity contribution in [1.29, 1.82) is 0 Å². The summed E-state index contributed by atoms with van der Waals surface area (Å²) in [7, 11) is 2.17. The molecule has 0 bridgehead atoms. The molecule has 1 atom stereocenters. The second kappa shape index (κ2) is 7.40. The number of ether oxygens (including phenoxy) is 1. The number of aromatic nitrogens is 3.